The zero-order valence-corrected chi connectivity index (χ0v) is 9.26. The minimum atomic E-state index is -4.31. The third-order valence-corrected chi connectivity index (χ3v) is 2.36. The lowest BCUT2D eigenvalue weighted by atomic mass is 10.4. The lowest BCUT2D eigenvalue weighted by Crippen LogP contribution is -2.23. The zero-order valence-electron chi connectivity index (χ0n) is 9.26. The molecule has 4 nitrogen and oxygen atoms in total. The van der Waals surface area contributed by atoms with Gasteiger partial charge in [-0.2, -0.15) is 13.2 Å². The normalized spacial score (nSPS) is 11.7. The van der Waals surface area contributed by atoms with Gasteiger partial charge in [-0.05, 0) is 6.07 Å². The van der Waals surface area contributed by atoms with E-state index in [9.17, 15) is 18.0 Å². The van der Waals surface area contributed by atoms with Crippen molar-refractivity contribution in [3.8, 4) is 0 Å². The molecule has 0 aliphatic rings. The molecule has 0 N–H and O–H groups in total. The summed E-state index contributed by atoms with van der Waals surface area (Å²) in [4.78, 5) is 15.3. The van der Waals surface area contributed by atoms with Crippen molar-refractivity contribution in [3.05, 3.63) is 53.0 Å². The van der Waals surface area contributed by atoms with E-state index in [0.29, 0.717) is 0 Å². The standard InChI is InChI=1S/C11H10F3N3O/c12-11(13,14)8-17-6-4-15-9(17)7-16-5-2-1-3-10(16)18/h1-6H,7-8H2. The van der Waals surface area contributed by atoms with Crippen molar-refractivity contribution in [2.24, 2.45) is 0 Å². The highest BCUT2D eigenvalue weighted by atomic mass is 19.4. The quantitative estimate of drug-likeness (QED) is 0.838. The Hall–Kier alpha value is -2.05. The van der Waals surface area contributed by atoms with E-state index in [-0.39, 0.29) is 17.9 Å². The van der Waals surface area contributed by atoms with Crippen LogP contribution in [0, 0.1) is 0 Å². The summed E-state index contributed by atoms with van der Waals surface area (Å²) in [6.45, 7) is -1.09. The molecule has 2 heterocycles. The Kier molecular flexibility index (Phi) is 3.22. The van der Waals surface area contributed by atoms with E-state index in [2.05, 4.69) is 4.98 Å². The second-order valence-electron chi connectivity index (χ2n) is 3.75. The third-order valence-electron chi connectivity index (χ3n) is 2.36. The monoisotopic (exact) mass is 257 g/mol. The molecule has 2 aromatic heterocycles. The first-order valence-corrected chi connectivity index (χ1v) is 5.18. The van der Waals surface area contributed by atoms with E-state index < -0.39 is 12.7 Å². The highest BCUT2D eigenvalue weighted by Gasteiger charge is 2.28. The molecule has 2 rings (SSSR count). The van der Waals surface area contributed by atoms with Gasteiger partial charge >= 0.3 is 6.18 Å². The molecule has 0 saturated carbocycles. The first-order valence-electron chi connectivity index (χ1n) is 5.18. The van der Waals surface area contributed by atoms with Gasteiger partial charge in [0.2, 0.25) is 0 Å². The molecule has 0 bridgehead atoms. The maximum Gasteiger partial charge on any atom is 0.406 e. The van der Waals surface area contributed by atoms with Crippen LogP contribution >= 0.6 is 0 Å². The summed E-state index contributed by atoms with van der Waals surface area (Å²) in [6.07, 6.45) is -0.266. The van der Waals surface area contributed by atoms with Crippen molar-refractivity contribution in [1.82, 2.24) is 14.1 Å². The molecule has 0 amide bonds. The molecule has 0 atom stereocenters. The molecule has 96 valence electrons. The first-order chi connectivity index (χ1) is 8.46. The van der Waals surface area contributed by atoms with E-state index in [4.69, 9.17) is 0 Å². The van der Waals surface area contributed by atoms with Gasteiger partial charge in [0.15, 0.2) is 0 Å². The Morgan fingerprint density at radius 2 is 1.94 bits per heavy atom. The Balaban J connectivity index is 2.23. The van der Waals surface area contributed by atoms with Gasteiger partial charge in [-0.15, -0.1) is 0 Å². The molecule has 2 aromatic rings. The molecule has 0 unspecified atom stereocenters. The predicted molar refractivity (Wildman–Crippen MR) is 58.1 cm³/mol. The molecule has 0 fully saturated rings. The highest BCUT2D eigenvalue weighted by molar-refractivity contribution is 4.99. The molecule has 0 saturated heterocycles. The summed E-state index contributed by atoms with van der Waals surface area (Å²) < 4.78 is 39.2. The number of nitrogens with zero attached hydrogens (tertiary/aromatic N) is 3. The van der Waals surface area contributed by atoms with Crippen LogP contribution in [0.5, 0.6) is 0 Å². The van der Waals surface area contributed by atoms with Gasteiger partial charge < -0.3 is 9.13 Å². The minimum absolute atomic E-state index is 0.0166. The van der Waals surface area contributed by atoms with Crippen LogP contribution in [0.1, 0.15) is 5.82 Å². The molecule has 0 aromatic carbocycles. The van der Waals surface area contributed by atoms with Crippen LogP contribution in [0.4, 0.5) is 13.2 Å². The van der Waals surface area contributed by atoms with E-state index in [1.54, 1.807) is 12.1 Å². The first kappa shape index (κ1) is 12.4. The number of aromatic nitrogens is 3. The van der Waals surface area contributed by atoms with Crippen LogP contribution < -0.4 is 5.56 Å². The smallest absolute Gasteiger partial charge is 0.324 e. The third kappa shape index (κ3) is 2.99. The Morgan fingerprint density at radius 3 is 2.61 bits per heavy atom. The molecule has 18 heavy (non-hydrogen) atoms. The van der Waals surface area contributed by atoms with Gasteiger partial charge in [0.1, 0.15) is 12.4 Å². The molecule has 0 radical (unpaired) electrons. The lowest BCUT2D eigenvalue weighted by molar-refractivity contribution is -0.141. The fourth-order valence-corrected chi connectivity index (χ4v) is 1.57. The summed E-state index contributed by atoms with van der Waals surface area (Å²) in [6, 6.07) is 4.55. The minimum Gasteiger partial charge on any atom is -0.324 e. The number of halogens is 3. The van der Waals surface area contributed by atoms with Gasteiger partial charge in [0.05, 0.1) is 6.54 Å². The van der Waals surface area contributed by atoms with Gasteiger partial charge in [-0.3, -0.25) is 4.79 Å². The SMILES string of the molecule is O=c1ccccn1Cc1nccn1CC(F)(F)F. The maximum absolute atomic E-state index is 12.3. The van der Waals surface area contributed by atoms with Crippen LogP contribution in [0.3, 0.4) is 0 Å². The maximum atomic E-state index is 12.3. The van der Waals surface area contributed by atoms with Gasteiger partial charge in [-0.1, -0.05) is 6.07 Å². The predicted octanol–water partition coefficient (Wildman–Crippen LogP) is 1.66. The number of alkyl halides is 3. The Labute approximate surface area is 100 Å². The van der Waals surface area contributed by atoms with E-state index in [0.717, 1.165) is 4.57 Å². The van der Waals surface area contributed by atoms with Crippen LogP contribution in [0.25, 0.3) is 0 Å². The highest BCUT2D eigenvalue weighted by Crippen LogP contribution is 2.18. The van der Waals surface area contributed by atoms with Gasteiger partial charge in [-0.25, -0.2) is 4.98 Å². The summed E-state index contributed by atoms with van der Waals surface area (Å²) in [5.74, 6) is 0.195. The second kappa shape index (κ2) is 4.67. The van der Waals surface area contributed by atoms with E-state index in [1.807, 2.05) is 0 Å². The molecule has 0 spiro atoms. The Bertz CT molecular complexity index is 585. The fourth-order valence-electron chi connectivity index (χ4n) is 1.57. The van der Waals surface area contributed by atoms with Crippen LogP contribution in [-0.2, 0) is 13.1 Å². The number of rotatable bonds is 3. The largest absolute Gasteiger partial charge is 0.406 e. The number of hydrogen-bond donors (Lipinski definition) is 0. The summed E-state index contributed by atoms with van der Waals surface area (Å²) in [5, 5.41) is 0. The van der Waals surface area contributed by atoms with Crippen molar-refractivity contribution in [3.63, 3.8) is 0 Å². The summed E-state index contributed by atoms with van der Waals surface area (Å²) in [7, 11) is 0. The van der Waals surface area contributed by atoms with Crippen molar-refractivity contribution in [2.45, 2.75) is 19.3 Å². The van der Waals surface area contributed by atoms with Gasteiger partial charge in [0.25, 0.3) is 5.56 Å². The van der Waals surface area contributed by atoms with Gasteiger partial charge in [0, 0.05) is 24.7 Å². The average molecular weight is 257 g/mol. The van der Waals surface area contributed by atoms with Crippen molar-refractivity contribution < 1.29 is 13.2 Å². The summed E-state index contributed by atoms with van der Waals surface area (Å²) in [5.41, 5.74) is -0.279. The van der Waals surface area contributed by atoms with Crippen LogP contribution in [0.2, 0.25) is 0 Å². The number of pyridine rings is 1. The topological polar surface area (TPSA) is 39.8 Å². The molecular weight excluding hydrogens is 247 g/mol. The van der Waals surface area contributed by atoms with Crippen molar-refractivity contribution in [1.29, 1.82) is 0 Å². The average Bonchev–Trinajstić information content (AvgIpc) is 2.67. The lowest BCUT2D eigenvalue weighted by Gasteiger charge is -2.11. The molecular formula is C11H10F3N3O. The number of imidazole rings is 1. The number of hydrogen-bond acceptors (Lipinski definition) is 2. The molecule has 0 aliphatic heterocycles. The zero-order chi connectivity index (χ0) is 13.2. The Morgan fingerprint density at radius 1 is 1.17 bits per heavy atom. The molecule has 7 heteroatoms. The van der Waals surface area contributed by atoms with Crippen molar-refractivity contribution in [2.75, 3.05) is 0 Å². The van der Waals surface area contributed by atoms with E-state index >= 15 is 0 Å². The second-order valence-corrected chi connectivity index (χ2v) is 3.75. The van der Waals surface area contributed by atoms with E-state index in [1.165, 1.54) is 29.2 Å². The van der Waals surface area contributed by atoms with Crippen LogP contribution in [-0.4, -0.2) is 20.3 Å². The summed E-state index contributed by atoms with van der Waals surface area (Å²) >= 11 is 0. The molecule has 0 aliphatic carbocycles. The fraction of sp³-hybridized carbons (Fsp3) is 0.273. The van der Waals surface area contributed by atoms with Crippen LogP contribution in [0.15, 0.2) is 41.6 Å². The van der Waals surface area contributed by atoms with Crippen molar-refractivity contribution >= 4 is 0 Å².